The summed E-state index contributed by atoms with van der Waals surface area (Å²) in [5, 5.41) is 5.07. The molecule has 3 rings (SSSR count). The highest BCUT2D eigenvalue weighted by Crippen LogP contribution is 2.42. The number of carbonyl (C=O) groups is 1. The van der Waals surface area contributed by atoms with Crippen LogP contribution in [0, 0.1) is 5.82 Å². The Hall–Kier alpha value is -1.88. The third-order valence-corrected chi connectivity index (χ3v) is 5.72. The number of halogens is 1. The lowest BCUT2D eigenvalue weighted by atomic mass is 9.84. The van der Waals surface area contributed by atoms with Gasteiger partial charge in [0.2, 0.25) is 0 Å². The van der Waals surface area contributed by atoms with E-state index in [9.17, 15) is 9.18 Å². The predicted molar refractivity (Wildman–Crippen MR) is 89.8 cm³/mol. The summed E-state index contributed by atoms with van der Waals surface area (Å²) in [4.78, 5) is 13.7. The highest BCUT2D eigenvalue weighted by atomic mass is 32.1. The van der Waals surface area contributed by atoms with E-state index in [-0.39, 0.29) is 17.1 Å². The Kier molecular flexibility index (Phi) is 4.66. The molecule has 1 aliphatic carbocycles. The van der Waals surface area contributed by atoms with Crippen molar-refractivity contribution in [2.24, 2.45) is 0 Å². The number of hydrogen-bond donors (Lipinski definition) is 1. The SMILES string of the molecule is COc1ccc(C(=O)NCC2(c3cccs3)CCCC2)cc1F. The lowest BCUT2D eigenvalue weighted by Gasteiger charge is -2.28. The summed E-state index contributed by atoms with van der Waals surface area (Å²) in [6.07, 6.45) is 4.55. The molecular weight excluding hydrogens is 313 g/mol. The fourth-order valence-electron chi connectivity index (χ4n) is 3.30. The van der Waals surface area contributed by atoms with Crippen molar-refractivity contribution < 1.29 is 13.9 Å². The third-order valence-electron chi connectivity index (χ3n) is 4.61. The molecule has 0 saturated heterocycles. The van der Waals surface area contributed by atoms with E-state index >= 15 is 0 Å². The van der Waals surface area contributed by atoms with Crippen molar-refractivity contribution >= 4 is 17.2 Å². The highest BCUT2D eigenvalue weighted by Gasteiger charge is 2.36. The van der Waals surface area contributed by atoms with E-state index in [1.807, 2.05) is 0 Å². The van der Waals surface area contributed by atoms with Gasteiger partial charge in [-0.1, -0.05) is 18.9 Å². The van der Waals surface area contributed by atoms with E-state index in [1.54, 1.807) is 17.4 Å². The number of carbonyl (C=O) groups excluding carboxylic acids is 1. The topological polar surface area (TPSA) is 38.3 Å². The molecule has 2 aromatic rings. The van der Waals surface area contributed by atoms with Gasteiger partial charge in [0, 0.05) is 22.4 Å². The van der Waals surface area contributed by atoms with Gasteiger partial charge in [0.1, 0.15) is 0 Å². The van der Waals surface area contributed by atoms with Gasteiger partial charge in [-0.25, -0.2) is 4.39 Å². The largest absolute Gasteiger partial charge is 0.494 e. The summed E-state index contributed by atoms with van der Waals surface area (Å²) >= 11 is 1.75. The Morgan fingerprint density at radius 2 is 2.13 bits per heavy atom. The Bertz CT molecular complexity index is 678. The molecule has 122 valence electrons. The van der Waals surface area contributed by atoms with Crippen molar-refractivity contribution in [3.05, 3.63) is 52.0 Å². The second kappa shape index (κ2) is 6.71. The van der Waals surface area contributed by atoms with Crippen LogP contribution in [-0.4, -0.2) is 19.6 Å². The fourth-order valence-corrected chi connectivity index (χ4v) is 4.29. The van der Waals surface area contributed by atoms with Crippen molar-refractivity contribution in [1.29, 1.82) is 0 Å². The maximum absolute atomic E-state index is 13.7. The molecule has 0 unspecified atom stereocenters. The first-order valence-corrected chi connectivity index (χ1v) is 8.68. The van der Waals surface area contributed by atoms with Crippen LogP contribution < -0.4 is 10.1 Å². The Morgan fingerprint density at radius 3 is 2.74 bits per heavy atom. The van der Waals surface area contributed by atoms with E-state index in [4.69, 9.17) is 4.74 Å². The van der Waals surface area contributed by atoms with Crippen molar-refractivity contribution in [2.75, 3.05) is 13.7 Å². The molecule has 0 aliphatic heterocycles. The van der Waals surface area contributed by atoms with Crippen molar-refractivity contribution in [2.45, 2.75) is 31.1 Å². The molecule has 3 nitrogen and oxygen atoms in total. The summed E-state index contributed by atoms with van der Waals surface area (Å²) in [5.41, 5.74) is 0.358. The zero-order valence-corrected chi connectivity index (χ0v) is 13.9. The number of amides is 1. The zero-order chi connectivity index (χ0) is 16.3. The standard InChI is InChI=1S/C18H20FNO2S/c1-22-15-7-6-13(11-14(15)19)17(21)20-12-18(8-2-3-9-18)16-5-4-10-23-16/h4-7,10-11H,2-3,8-9,12H2,1H3,(H,20,21). The number of benzene rings is 1. The van der Waals surface area contributed by atoms with Crippen LogP contribution in [0.1, 0.15) is 40.9 Å². The van der Waals surface area contributed by atoms with Crippen LogP contribution in [0.3, 0.4) is 0 Å². The maximum atomic E-state index is 13.7. The van der Waals surface area contributed by atoms with Gasteiger partial charge < -0.3 is 10.1 Å². The molecular formula is C18H20FNO2S. The maximum Gasteiger partial charge on any atom is 0.251 e. The molecule has 1 N–H and O–H groups in total. The average Bonchev–Trinajstić information content (AvgIpc) is 3.24. The van der Waals surface area contributed by atoms with Crippen molar-refractivity contribution in [3.63, 3.8) is 0 Å². The van der Waals surface area contributed by atoms with Gasteiger partial charge in [0.05, 0.1) is 7.11 Å². The lowest BCUT2D eigenvalue weighted by molar-refractivity contribution is 0.0943. The van der Waals surface area contributed by atoms with E-state index in [0.717, 1.165) is 12.8 Å². The second-order valence-electron chi connectivity index (χ2n) is 6.00. The number of thiophene rings is 1. The minimum atomic E-state index is -0.519. The monoisotopic (exact) mass is 333 g/mol. The van der Waals surface area contributed by atoms with E-state index < -0.39 is 5.82 Å². The number of nitrogens with one attached hydrogen (secondary N) is 1. The van der Waals surface area contributed by atoms with Crippen molar-refractivity contribution in [3.8, 4) is 5.75 Å². The summed E-state index contributed by atoms with van der Waals surface area (Å²) in [6, 6.07) is 8.50. The normalized spacial score (nSPS) is 16.3. The molecule has 0 radical (unpaired) electrons. The van der Waals surface area contributed by atoms with Crippen LogP contribution in [0.4, 0.5) is 4.39 Å². The molecule has 5 heteroatoms. The molecule has 1 saturated carbocycles. The highest BCUT2D eigenvalue weighted by molar-refractivity contribution is 7.10. The van der Waals surface area contributed by atoms with Crippen LogP contribution in [0.5, 0.6) is 5.75 Å². The fraction of sp³-hybridized carbons (Fsp3) is 0.389. The lowest BCUT2D eigenvalue weighted by Crippen LogP contribution is -2.38. The quantitative estimate of drug-likeness (QED) is 0.893. The van der Waals surface area contributed by atoms with Gasteiger partial charge in [-0.15, -0.1) is 11.3 Å². The molecule has 1 fully saturated rings. The summed E-state index contributed by atoms with van der Waals surface area (Å²) in [5.74, 6) is -0.615. The van der Waals surface area contributed by atoms with Crippen LogP contribution in [-0.2, 0) is 5.41 Å². The number of methoxy groups -OCH3 is 1. The molecule has 23 heavy (non-hydrogen) atoms. The van der Waals surface area contributed by atoms with Crippen molar-refractivity contribution in [1.82, 2.24) is 5.32 Å². The first-order chi connectivity index (χ1) is 11.1. The van der Waals surface area contributed by atoms with Crippen LogP contribution in [0.25, 0.3) is 0 Å². The van der Waals surface area contributed by atoms with E-state index in [2.05, 4.69) is 22.8 Å². The summed E-state index contributed by atoms with van der Waals surface area (Å²) in [6.45, 7) is 0.597. The minimum absolute atomic E-state index is 0.0365. The van der Waals surface area contributed by atoms with Gasteiger partial charge in [0.15, 0.2) is 11.6 Å². The molecule has 1 amide bonds. The second-order valence-corrected chi connectivity index (χ2v) is 6.94. The van der Waals surface area contributed by atoms with Gasteiger partial charge in [-0.2, -0.15) is 0 Å². The molecule has 1 aromatic heterocycles. The molecule has 1 heterocycles. The third kappa shape index (κ3) is 3.24. The van der Waals surface area contributed by atoms with E-state index in [1.165, 1.54) is 37.0 Å². The molecule has 0 bridgehead atoms. The smallest absolute Gasteiger partial charge is 0.251 e. The summed E-state index contributed by atoms with van der Waals surface area (Å²) < 4.78 is 18.6. The number of hydrogen-bond acceptors (Lipinski definition) is 3. The first kappa shape index (κ1) is 16.0. The number of ether oxygens (including phenoxy) is 1. The van der Waals surface area contributed by atoms with Gasteiger partial charge in [0.25, 0.3) is 5.91 Å². The average molecular weight is 333 g/mol. The van der Waals surface area contributed by atoms with Gasteiger partial charge >= 0.3 is 0 Å². The predicted octanol–water partition coefficient (Wildman–Crippen LogP) is 4.14. The first-order valence-electron chi connectivity index (χ1n) is 7.80. The zero-order valence-electron chi connectivity index (χ0n) is 13.1. The number of rotatable bonds is 5. The Morgan fingerprint density at radius 1 is 1.35 bits per heavy atom. The van der Waals surface area contributed by atoms with E-state index in [0.29, 0.717) is 12.1 Å². The molecule has 1 aliphatic rings. The summed E-state index contributed by atoms with van der Waals surface area (Å²) in [7, 11) is 1.41. The van der Waals surface area contributed by atoms with Crippen LogP contribution in [0.15, 0.2) is 35.7 Å². The molecule has 0 spiro atoms. The molecule has 0 atom stereocenters. The minimum Gasteiger partial charge on any atom is -0.494 e. The van der Waals surface area contributed by atoms with Crippen LogP contribution in [0.2, 0.25) is 0 Å². The molecule has 1 aromatic carbocycles. The van der Waals surface area contributed by atoms with Gasteiger partial charge in [-0.3, -0.25) is 4.79 Å². The van der Waals surface area contributed by atoms with Gasteiger partial charge in [-0.05, 0) is 42.5 Å². The van der Waals surface area contributed by atoms with Crippen LogP contribution >= 0.6 is 11.3 Å². The Labute approximate surface area is 139 Å². The Balaban J connectivity index is 1.71.